The third kappa shape index (κ3) is 4.24. The van der Waals surface area contributed by atoms with E-state index in [0.29, 0.717) is 18.5 Å². The minimum atomic E-state index is 0.433. The number of rotatable bonds is 6. The SMILES string of the molecule is CNc1cc(NC2CCCC(SC)C2)nc(COC)n1. The van der Waals surface area contributed by atoms with Crippen LogP contribution in [-0.4, -0.2) is 41.7 Å². The van der Waals surface area contributed by atoms with Crippen molar-refractivity contribution in [2.75, 3.05) is 31.0 Å². The third-order valence-corrected chi connectivity index (χ3v) is 4.71. The maximum Gasteiger partial charge on any atom is 0.158 e. The van der Waals surface area contributed by atoms with Gasteiger partial charge in [0, 0.05) is 31.5 Å². The molecule has 112 valence electrons. The van der Waals surface area contributed by atoms with Crippen molar-refractivity contribution in [3.8, 4) is 0 Å². The zero-order chi connectivity index (χ0) is 14.4. The van der Waals surface area contributed by atoms with Gasteiger partial charge >= 0.3 is 0 Å². The van der Waals surface area contributed by atoms with Gasteiger partial charge in [-0.1, -0.05) is 6.42 Å². The molecule has 1 fully saturated rings. The van der Waals surface area contributed by atoms with Crippen molar-refractivity contribution >= 4 is 23.4 Å². The Morgan fingerprint density at radius 3 is 2.85 bits per heavy atom. The van der Waals surface area contributed by atoms with Gasteiger partial charge in [0.15, 0.2) is 5.82 Å². The van der Waals surface area contributed by atoms with Crippen LogP contribution in [0.1, 0.15) is 31.5 Å². The van der Waals surface area contributed by atoms with Crippen LogP contribution in [0.4, 0.5) is 11.6 Å². The van der Waals surface area contributed by atoms with E-state index < -0.39 is 0 Å². The zero-order valence-corrected chi connectivity index (χ0v) is 13.3. The molecule has 1 aromatic rings. The van der Waals surface area contributed by atoms with E-state index in [4.69, 9.17) is 4.74 Å². The number of ether oxygens (including phenoxy) is 1. The fourth-order valence-electron chi connectivity index (χ4n) is 2.59. The van der Waals surface area contributed by atoms with Crippen LogP contribution in [0.5, 0.6) is 0 Å². The first-order valence-corrected chi connectivity index (χ1v) is 8.38. The molecule has 0 radical (unpaired) electrons. The molecule has 20 heavy (non-hydrogen) atoms. The third-order valence-electron chi connectivity index (χ3n) is 3.61. The Kier molecular flexibility index (Phi) is 5.91. The smallest absolute Gasteiger partial charge is 0.158 e. The summed E-state index contributed by atoms with van der Waals surface area (Å²) in [5.74, 6) is 2.43. The van der Waals surface area contributed by atoms with Gasteiger partial charge in [0.1, 0.15) is 18.2 Å². The second-order valence-corrected chi connectivity index (χ2v) is 6.24. The van der Waals surface area contributed by atoms with Gasteiger partial charge in [-0.3, -0.25) is 0 Å². The minimum absolute atomic E-state index is 0.433. The van der Waals surface area contributed by atoms with E-state index in [9.17, 15) is 0 Å². The highest BCUT2D eigenvalue weighted by atomic mass is 32.2. The van der Waals surface area contributed by atoms with E-state index in [1.54, 1.807) is 7.11 Å². The normalized spacial score (nSPS) is 22.6. The summed E-state index contributed by atoms with van der Waals surface area (Å²) in [7, 11) is 3.53. The second kappa shape index (κ2) is 7.69. The Morgan fingerprint density at radius 2 is 2.15 bits per heavy atom. The molecule has 2 unspecified atom stereocenters. The number of methoxy groups -OCH3 is 1. The molecule has 0 bridgehead atoms. The highest BCUT2D eigenvalue weighted by molar-refractivity contribution is 7.99. The topological polar surface area (TPSA) is 59.1 Å². The Hall–Kier alpha value is -1.01. The summed E-state index contributed by atoms with van der Waals surface area (Å²) in [4.78, 5) is 8.90. The van der Waals surface area contributed by atoms with Crippen molar-refractivity contribution < 1.29 is 4.74 Å². The number of anilines is 2. The fraction of sp³-hybridized carbons (Fsp3) is 0.714. The van der Waals surface area contributed by atoms with Crippen LogP contribution in [0.2, 0.25) is 0 Å². The van der Waals surface area contributed by atoms with Crippen molar-refractivity contribution in [1.82, 2.24) is 9.97 Å². The molecule has 5 nitrogen and oxygen atoms in total. The Bertz CT molecular complexity index is 430. The van der Waals surface area contributed by atoms with Crippen LogP contribution in [0, 0.1) is 0 Å². The summed E-state index contributed by atoms with van der Waals surface area (Å²) in [6.45, 7) is 0.433. The maximum absolute atomic E-state index is 5.12. The predicted molar refractivity (Wildman–Crippen MR) is 85.5 cm³/mol. The van der Waals surface area contributed by atoms with Gasteiger partial charge in [-0.2, -0.15) is 11.8 Å². The van der Waals surface area contributed by atoms with E-state index in [-0.39, 0.29) is 0 Å². The molecule has 2 atom stereocenters. The van der Waals surface area contributed by atoms with Crippen molar-refractivity contribution in [3.05, 3.63) is 11.9 Å². The number of aromatic nitrogens is 2. The summed E-state index contributed by atoms with van der Waals surface area (Å²) < 4.78 is 5.12. The molecule has 1 aliphatic carbocycles. The predicted octanol–water partition coefficient (Wildman–Crippen LogP) is 2.75. The summed E-state index contributed by atoms with van der Waals surface area (Å²) >= 11 is 1.97. The van der Waals surface area contributed by atoms with Crippen LogP contribution >= 0.6 is 11.8 Å². The standard InChI is InChI=1S/C14H24N4OS/c1-15-12-8-13(18-14(17-12)9-19-2)16-10-5-4-6-11(7-10)20-3/h8,10-11H,4-7,9H2,1-3H3,(H2,15,16,17,18). The van der Waals surface area contributed by atoms with Gasteiger partial charge < -0.3 is 15.4 Å². The molecule has 2 rings (SSSR count). The van der Waals surface area contributed by atoms with Crippen LogP contribution in [-0.2, 0) is 11.3 Å². The number of nitrogens with one attached hydrogen (secondary N) is 2. The number of thioether (sulfide) groups is 1. The summed E-state index contributed by atoms with van der Waals surface area (Å²) in [5.41, 5.74) is 0. The first-order chi connectivity index (χ1) is 9.75. The quantitative estimate of drug-likeness (QED) is 0.842. The number of hydrogen-bond acceptors (Lipinski definition) is 6. The van der Waals surface area contributed by atoms with Gasteiger partial charge in [-0.05, 0) is 25.5 Å². The van der Waals surface area contributed by atoms with Crippen molar-refractivity contribution in [2.24, 2.45) is 0 Å². The lowest BCUT2D eigenvalue weighted by molar-refractivity contribution is 0.178. The van der Waals surface area contributed by atoms with E-state index in [1.165, 1.54) is 25.7 Å². The first kappa shape index (κ1) is 15.4. The van der Waals surface area contributed by atoms with Crippen LogP contribution in [0.15, 0.2) is 6.07 Å². The molecule has 2 N–H and O–H groups in total. The Labute approximate surface area is 125 Å². The summed E-state index contributed by atoms with van der Waals surface area (Å²) in [6.07, 6.45) is 7.25. The molecule has 0 spiro atoms. The molecule has 0 aromatic carbocycles. The van der Waals surface area contributed by atoms with E-state index in [2.05, 4.69) is 26.9 Å². The average Bonchev–Trinajstić information content (AvgIpc) is 2.47. The van der Waals surface area contributed by atoms with Crippen molar-refractivity contribution in [3.63, 3.8) is 0 Å². The number of nitrogens with zero attached hydrogens (tertiary/aromatic N) is 2. The lowest BCUT2D eigenvalue weighted by Crippen LogP contribution is -2.29. The van der Waals surface area contributed by atoms with E-state index in [1.807, 2.05) is 24.9 Å². The summed E-state index contributed by atoms with van der Waals surface area (Å²) in [6, 6.07) is 2.47. The van der Waals surface area contributed by atoms with E-state index in [0.717, 1.165) is 16.9 Å². The van der Waals surface area contributed by atoms with Gasteiger partial charge in [0.2, 0.25) is 0 Å². The number of hydrogen-bond donors (Lipinski definition) is 2. The fourth-order valence-corrected chi connectivity index (χ4v) is 3.42. The molecule has 0 saturated heterocycles. The van der Waals surface area contributed by atoms with Crippen LogP contribution < -0.4 is 10.6 Å². The highest BCUT2D eigenvalue weighted by Crippen LogP contribution is 2.28. The average molecular weight is 296 g/mol. The van der Waals surface area contributed by atoms with Crippen molar-refractivity contribution in [1.29, 1.82) is 0 Å². The molecule has 1 saturated carbocycles. The van der Waals surface area contributed by atoms with Gasteiger partial charge in [0.05, 0.1) is 0 Å². The van der Waals surface area contributed by atoms with Gasteiger partial charge in [-0.15, -0.1) is 0 Å². The zero-order valence-electron chi connectivity index (χ0n) is 12.5. The molecule has 0 aliphatic heterocycles. The molecule has 1 aliphatic rings. The minimum Gasteiger partial charge on any atom is -0.377 e. The lowest BCUT2D eigenvalue weighted by atomic mass is 9.95. The Balaban J connectivity index is 2.05. The molecule has 1 aromatic heterocycles. The summed E-state index contributed by atoms with van der Waals surface area (Å²) in [5, 5.41) is 7.40. The van der Waals surface area contributed by atoms with Crippen LogP contribution in [0.25, 0.3) is 0 Å². The largest absolute Gasteiger partial charge is 0.377 e. The van der Waals surface area contributed by atoms with Gasteiger partial charge in [-0.25, -0.2) is 9.97 Å². The van der Waals surface area contributed by atoms with Crippen molar-refractivity contribution in [2.45, 2.75) is 43.6 Å². The van der Waals surface area contributed by atoms with Gasteiger partial charge in [0.25, 0.3) is 0 Å². The lowest BCUT2D eigenvalue weighted by Gasteiger charge is -2.29. The second-order valence-electron chi connectivity index (χ2n) is 5.10. The molecule has 1 heterocycles. The molecule has 0 amide bonds. The van der Waals surface area contributed by atoms with E-state index >= 15 is 0 Å². The first-order valence-electron chi connectivity index (χ1n) is 7.09. The monoisotopic (exact) mass is 296 g/mol. The maximum atomic E-state index is 5.12. The van der Waals surface area contributed by atoms with Crippen LogP contribution in [0.3, 0.4) is 0 Å². The molecular weight excluding hydrogens is 272 g/mol. The molecule has 6 heteroatoms. The Morgan fingerprint density at radius 1 is 1.35 bits per heavy atom. The molecular formula is C14H24N4OS. The highest BCUT2D eigenvalue weighted by Gasteiger charge is 2.21.